The monoisotopic (exact) mass is 299 g/mol. The van der Waals surface area contributed by atoms with Gasteiger partial charge in [0.2, 0.25) is 0 Å². The molecule has 102 valence electrons. The SMILES string of the molecule is Nc1c(S(=O)(=O)CCCC2=CC=C2)csc1C(=O)O. The topological polar surface area (TPSA) is 97.5 Å². The van der Waals surface area contributed by atoms with E-state index in [2.05, 4.69) is 0 Å². The minimum Gasteiger partial charge on any atom is -0.477 e. The van der Waals surface area contributed by atoms with Gasteiger partial charge in [-0.25, -0.2) is 13.2 Å². The summed E-state index contributed by atoms with van der Waals surface area (Å²) in [6, 6.07) is 0. The van der Waals surface area contributed by atoms with Crippen molar-refractivity contribution in [3.63, 3.8) is 0 Å². The van der Waals surface area contributed by atoms with Crippen molar-refractivity contribution in [2.75, 3.05) is 11.5 Å². The van der Waals surface area contributed by atoms with Crippen LogP contribution in [0.3, 0.4) is 0 Å². The minimum atomic E-state index is -3.51. The normalized spacial score (nSPS) is 14.0. The van der Waals surface area contributed by atoms with Gasteiger partial charge in [0.25, 0.3) is 0 Å². The molecule has 0 amide bonds. The Kier molecular flexibility index (Phi) is 3.77. The molecule has 0 saturated heterocycles. The van der Waals surface area contributed by atoms with Gasteiger partial charge in [-0.15, -0.1) is 11.3 Å². The molecule has 0 bridgehead atoms. The molecule has 0 unspecified atom stereocenters. The fourth-order valence-electron chi connectivity index (χ4n) is 1.73. The van der Waals surface area contributed by atoms with Gasteiger partial charge in [-0.1, -0.05) is 18.2 Å². The van der Waals surface area contributed by atoms with Crippen LogP contribution in [0, 0.1) is 0 Å². The van der Waals surface area contributed by atoms with Gasteiger partial charge in [-0.2, -0.15) is 0 Å². The molecule has 0 radical (unpaired) electrons. The summed E-state index contributed by atoms with van der Waals surface area (Å²) in [5, 5.41) is 10.2. The number of carbonyl (C=O) groups is 1. The highest BCUT2D eigenvalue weighted by Gasteiger charge is 2.24. The summed E-state index contributed by atoms with van der Waals surface area (Å²) in [7, 11) is -3.51. The molecule has 1 aromatic heterocycles. The van der Waals surface area contributed by atoms with Crippen LogP contribution in [0.4, 0.5) is 5.69 Å². The van der Waals surface area contributed by atoms with Crippen molar-refractivity contribution in [1.29, 1.82) is 0 Å². The zero-order valence-electron chi connectivity index (χ0n) is 10.00. The maximum atomic E-state index is 12.1. The number of sulfone groups is 1. The van der Waals surface area contributed by atoms with Crippen LogP contribution in [0.25, 0.3) is 0 Å². The molecule has 1 aromatic rings. The summed E-state index contributed by atoms with van der Waals surface area (Å²) in [6.45, 7) is 0. The van der Waals surface area contributed by atoms with Crippen molar-refractivity contribution in [3.8, 4) is 0 Å². The number of carboxylic acid groups (broad SMARTS) is 1. The van der Waals surface area contributed by atoms with Crippen LogP contribution in [0.2, 0.25) is 0 Å². The van der Waals surface area contributed by atoms with Crippen LogP contribution >= 0.6 is 11.3 Å². The Morgan fingerprint density at radius 2 is 2.11 bits per heavy atom. The molecule has 19 heavy (non-hydrogen) atoms. The van der Waals surface area contributed by atoms with Gasteiger partial charge in [0.15, 0.2) is 9.84 Å². The van der Waals surface area contributed by atoms with E-state index in [0.29, 0.717) is 12.8 Å². The average Bonchev–Trinajstić information content (AvgIpc) is 2.64. The van der Waals surface area contributed by atoms with Gasteiger partial charge in [0.1, 0.15) is 9.77 Å². The van der Waals surface area contributed by atoms with Crippen LogP contribution in [-0.2, 0) is 9.84 Å². The van der Waals surface area contributed by atoms with Gasteiger partial charge < -0.3 is 10.8 Å². The quantitative estimate of drug-likeness (QED) is 0.838. The van der Waals surface area contributed by atoms with Crippen LogP contribution in [0.5, 0.6) is 0 Å². The number of anilines is 1. The van der Waals surface area contributed by atoms with Crippen LogP contribution < -0.4 is 5.73 Å². The third-order valence-corrected chi connectivity index (χ3v) is 5.79. The number of hydrogen-bond acceptors (Lipinski definition) is 5. The summed E-state index contributed by atoms with van der Waals surface area (Å²) in [5.74, 6) is -1.23. The van der Waals surface area contributed by atoms with E-state index in [1.54, 1.807) is 0 Å². The molecule has 0 fully saturated rings. The first-order valence-electron chi connectivity index (χ1n) is 5.62. The first kappa shape index (κ1) is 13.8. The van der Waals surface area contributed by atoms with E-state index in [1.165, 1.54) is 5.38 Å². The Morgan fingerprint density at radius 1 is 1.42 bits per heavy atom. The largest absolute Gasteiger partial charge is 0.477 e. The highest BCUT2D eigenvalue weighted by Crippen LogP contribution is 2.30. The van der Waals surface area contributed by atoms with E-state index < -0.39 is 15.8 Å². The highest BCUT2D eigenvalue weighted by atomic mass is 32.2. The summed E-state index contributed by atoms with van der Waals surface area (Å²) in [6.07, 6.45) is 6.98. The van der Waals surface area contributed by atoms with Gasteiger partial charge in [-0.05, 0) is 18.4 Å². The number of nitrogen functional groups attached to an aromatic ring is 1. The Labute approximate surface area is 115 Å². The minimum absolute atomic E-state index is 0.0296. The Hall–Kier alpha value is -1.60. The van der Waals surface area contributed by atoms with Crippen molar-refractivity contribution < 1.29 is 18.3 Å². The number of carboxylic acids is 1. The molecule has 0 aliphatic heterocycles. The predicted octanol–water partition coefficient (Wildman–Crippen LogP) is 2.08. The van der Waals surface area contributed by atoms with Gasteiger partial charge >= 0.3 is 5.97 Å². The molecule has 0 spiro atoms. The molecule has 1 aliphatic carbocycles. The second-order valence-corrected chi connectivity index (χ2v) is 7.13. The third kappa shape index (κ3) is 2.87. The standard InChI is InChI=1S/C12H13NO4S2/c13-10-9(7-18-11(10)12(14)15)19(16,17)6-2-5-8-3-1-4-8/h1,3-4,7H,2,5-6,13H2,(H,14,15). The fraction of sp³-hybridized carbons (Fsp3) is 0.250. The molecule has 7 heteroatoms. The number of allylic oxidation sites excluding steroid dienone is 4. The highest BCUT2D eigenvalue weighted by molar-refractivity contribution is 7.91. The molecule has 5 nitrogen and oxygen atoms in total. The zero-order chi connectivity index (χ0) is 14.0. The van der Waals surface area contributed by atoms with Crippen LogP contribution in [0.1, 0.15) is 22.5 Å². The lowest BCUT2D eigenvalue weighted by Crippen LogP contribution is -2.09. The average molecular weight is 299 g/mol. The first-order chi connectivity index (χ1) is 8.92. The number of nitrogens with two attached hydrogens (primary N) is 1. The van der Waals surface area contributed by atoms with Crippen molar-refractivity contribution in [2.45, 2.75) is 17.7 Å². The maximum Gasteiger partial charge on any atom is 0.348 e. The number of aromatic carboxylic acids is 1. The molecule has 0 atom stereocenters. The number of hydrogen-bond donors (Lipinski definition) is 2. The van der Waals surface area contributed by atoms with Gasteiger partial charge in [0.05, 0.1) is 11.4 Å². The Balaban J connectivity index is 2.08. The third-order valence-electron chi connectivity index (χ3n) is 2.82. The molecular weight excluding hydrogens is 286 g/mol. The number of thiophene rings is 1. The Morgan fingerprint density at radius 3 is 2.58 bits per heavy atom. The zero-order valence-corrected chi connectivity index (χ0v) is 11.6. The van der Waals surface area contributed by atoms with Crippen LogP contribution in [-0.4, -0.2) is 25.2 Å². The van der Waals surface area contributed by atoms with Crippen molar-refractivity contribution >= 4 is 32.8 Å². The second-order valence-electron chi connectivity index (χ2n) is 4.17. The van der Waals surface area contributed by atoms with E-state index in [9.17, 15) is 13.2 Å². The molecular formula is C12H13NO4S2. The first-order valence-corrected chi connectivity index (χ1v) is 8.15. The lowest BCUT2D eigenvalue weighted by atomic mass is 10.0. The molecule has 1 heterocycles. The van der Waals surface area contributed by atoms with Crippen molar-refractivity contribution in [2.24, 2.45) is 0 Å². The van der Waals surface area contributed by atoms with Gasteiger partial charge in [0, 0.05) is 5.38 Å². The van der Waals surface area contributed by atoms with E-state index in [1.807, 2.05) is 18.2 Å². The summed E-state index contributed by atoms with van der Waals surface area (Å²) >= 11 is 0.840. The van der Waals surface area contributed by atoms with E-state index in [-0.39, 0.29) is 21.2 Å². The van der Waals surface area contributed by atoms with Crippen molar-refractivity contribution in [3.05, 3.63) is 34.1 Å². The fourth-order valence-corrected chi connectivity index (χ4v) is 4.40. The van der Waals surface area contributed by atoms with E-state index in [4.69, 9.17) is 10.8 Å². The summed E-state index contributed by atoms with van der Waals surface area (Å²) in [4.78, 5) is 10.6. The molecule has 1 aliphatic rings. The summed E-state index contributed by atoms with van der Waals surface area (Å²) in [5.41, 5.74) is 6.56. The lowest BCUT2D eigenvalue weighted by Gasteiger charge is -2.07. The molecule has 0 saturated carbocycles. The van der Waals surface area contributed by atoms with E-state index >= 15 is 0 Å². The maximum absolute atomic E-state index is 12.1. The lowest BCUT2D eigenvalue weighted by molar-refractivity contribution is 0.0703. The Bertz CT molecular complexity index is 668. The second kappa shape index (κ2) is 5.18. The predicted molar refractivity (Wildman–Crippen MR) is 74.2 cm³/mol. The number of rotatable bonds is 6. The molecule has 2 rings (SSSR count). The van der Waals surface area contributed by atoms with Crippen LogP contribution in [0.15, 0.2) is 34.1 Å². The summed E-state index contributed by atoms with van der Waals surface area (Å²) < 4.78 is 24.1. The van der Waals surface area contributed by atoms with Crippen molar-refractivity contribution in [1.82, 2.24) is 0 Å². The van der Waals surface area contributed by atoms with Gasteiger partial charge in [-0.3, -0.25) is 0 Å². The molecule has 3 N–H and O–H groups in total. The smallest absolute Gasteiger partial charge is 0.348 e. The molecule has 0 aromatic carbocycles. The van der Waals surface area contributed by atoms with E-state index in [0.717, 1.165) is 16.9 Å².